The van der Waals surface area contributed by atoms with Crippen LogP contribution in [0.15, 0.2) is 36.4 Å². The maximum Gasteiger partial charge on any atom is 0.231 e. The number of fused-ring (bicyclic) bond motifs is 3. The van der Waals surface area contributed by atoms with E-state index in [1.165, 1.54) is 25.1 Å². The third-order valence-electron chi connectivity index (χ3n) is 4.56. The third-order valence-corrected chi connectivity index (χ3v) is 5.72. The molecule has 1 unspecified atom stereocenters. The van der Waals surface area contributed by atoms with Crippen molar-refractivity contribution in [2.75, 3.05) is 7.05 Å². The van der Waals surface area contributed by atoms with Gasteiger partial charge in [0.1, 0.15) is 0 Å². The van der Waals surface area contributed by atoms with Crippen molar-refractivity contribution < 1.29 is 4.79 Å². The minimum atomic E-state index is -0.158. The van der Waals surface area contributed by atoms with E-state index in [0.717, 1.165) is 11.1 Å². The quantitative estimate of drug-likeness (QED) is 0.657. The van der Waals surface area contributed by atoms with Gasteiger partial charge in [-0.25, -0.2) is 0 Å². The molecule has 2 heterocycles. The fourth-order valence-corrected chi connectivity index (χ4v) is 4.25. The van der Waals surface area contributed by atoms with E-state index in [4.69, 9.17) is 5.41 Å². The van der Waals surface area contributed by atoms with Crippen LogP contribution in [-0.4, -0.2) is 23.8 Å². The number of carbonyl (C=O) groups excluding carboxylic acids is 1. The van der Waals surface area contributed by atoms with Gasteiger partial charge in [0.25, 0.3) is 0 Å². The Kier molecular flexibility index (Phi) is 3.70. The lowest BCUT2D eigenvalue weighted by molar-refractivity contribution is -0.128. The maximum absolute atomic E-state index is 12.1. The summed E-state index contributed by atoms with van der Waals surface area (Å²) in [6, 6.07) is 12.4. The third kappa shape index (κ3) is 2.65. The smallest absolute Gasteiger partial charge is 0.231 e. The number of hydrogen-bond acceptors (Lipinski definition) is 3. The fourth-order valence-electron chi connectivity index (χ4n) is 3.18. The first-order valence-electron chi connectivity index (χ1n) is 8.07. The zero-order valence-electron chi connectivity index (χ0n) is 14.0. The molecule has 1 saturated heterocycles. The summed E-state index contributed by atoms with van der Waals surface area (Å²) in [6.45, 7) is 1.84. The topological polar surface area (TPSA) is 56.2 Å². The molecule has 4 rings (SSSR count). The number of rotatable bonds is 1. The zero-order valence-corrected chi connectivity index (χ0v) is 14.8. The molecule has 25 heavy (non-hydrogen) atoms. The number of carbonyl (C=O) groups is 1. The molecule has 5 heteroatoms. The Hall–Kier alpha value is -2.84. The Morgan fingerprint density at radius 2 is 1.92 bits per heavy atom. The molecular weight excluding hydrogens is 330 g/mol. The summed E-state index contributed by atoms with van der Waals surface area (Å²) < 4.78 is 2.45. The van der Waals surface area contributed by atoms with Crippen LogP contribution in [-0.2, 0) is 4.79 Å². The molecular formula is C20H17N3OS. The van der Waals surface area contributed by atoms with Crippen LogP contribution in [0.25, 0.3) is 20.2 Å². The first-order chi connectivity index (χ1) is 12.1. The van der Waals surface area contributed by atoms with Gasteiger partial charge in [0, 0.05) is 32.8 Å². The standard InChI is InChI=1S/C20H17N3OS/c1-3-4-12-5-7-17-14(9-12)15-10-13(6-8-18(15)25-17)16-11-19(24)23(2)20(21)22-16/h5-10,16H,11H2,1-2H3,(H2,21,22). The normalized spacial score (nSPS) is 17.5. The predicted molar refractivity (Wildman–Crippen MR) is 103 cm³/mol. The van der Waals surface area contributed by atoms with Crippen LogP contribution in [0.4, 0.5) is 0 Å². The monoisotopic (exact) mass is 347 g/mol. The van der Waals surface area contributed by atoms with Crippen molar-refractivity contribution in [2.45, 2.75) is 19.4 Å². The lowest BCUT2D eigenvalue weighted by Crippen LogP contribution is -2.49. The highest BCUT2D eigenvalue weighted by Gasteiger charge is 2.28. The highest BCUT2D eigenvalue weighted by Crippen LogP contribution is 2.36. The molecule has 124 valence electrons. The highest BCUT2D eigenvalue weighted by molar-refractivity contribution is 7.25. The zero-order chi connectivity index (χ0) is 17.6. The molecule has 4 nitrogen and oxygen atoms in total. The summed E-state index contributed by atoms with van der Waals surface area (Å²) >= 11 is 1.76. The number of benzene rings is 2. The van der Waals surface area contributed by atoms with Crippen molar-refractivity contribution in [1.29, 1.82) is 5.41 Å². The van der Waals surface area contributed by atoms with Gasteiger partial charge < -0.3 is 5.32 Å². The van der Waals surface area contributed by atoms with Gasteiger partial charge in [0.15, 0.2) is 5.96 Å². The molecule has 1 aliphatic heterocycles. The van der Waals surface area contributed by atoms with E-state index in [1.54, 1.807) is 18.4 Å². The highest BCUT2D eigenvalue weighted by atomic mass is 32.1. The molecule has 1 atom stereocenters. The van der Waals surface area contributed by atoms with Crippen molar-refractivity contribution in [1.82, 2.24) is 10.2 Å². The summed E-state index contributed by atoms with van der Waals surface area (Å²) in [5, 5.41) is 13.4. The van der Waals surface area contributed by atoms with Crippen molar-refractivity contribution >= 4 is 43.4 Å². The van der Waals surface area contributed by atoms with E-state index in [2.05, 4.69) is 41.4 Å². The van der Waals surface area contributed by atoms with Crippen LogP contribution >= 0.6 is 11.3 Å². The number of nitrogens with one attached hydrogen (secondary N) is 2. The van der Waals surface area contributed by atoms with Gasteiger partial charge in [-0.05, 0) is 42.8 Å². The number of thiophene rings is 1. The molecule has 1 aromatic heterocycles. The first kappa shape index (κ1) is 15.7. The Bertz CT molecular complexity index is 1070. The molecule has 0 aliphatic carbocycles. The fraction of sp³-hybridized carbons (Fsp3) is 0.200. The van der Waals surface area contributed by atoms with Crippen molar-refractivity contribution in [2.24, 2.45) is 0 Å². The van der Waals surface area contributed by atoms with E-state index in [0.29, 0.717) is 6.42 Å². The number of hydrogen-bond donors (Lipinski definition) is 2. The molecule has 3 aromatic rings. The van der Waals surface area contributed by atoms with Gasteiger partial charge in [0.2, 0.25) is 5.91 Å². The van der Waals surface area contributed by atoms with Crippen LogP contribution in [0.3, 0.4) is 0 Å². The number of nitrogens with zero attached hydrogens (tertiary/aromatic N) is 1. The van der Waals surface area contributed by atoms with Gasteiger partial charge in [-0.2, -0.15) is 0 Å². The minimum absolute atomic E-state index is 0.0375. The second kappa shape index (κ2) is 5.91. The molecule has 1 amide bonds. The summed E-state index contributed by atoms with van der Waals surface area (Å²) in [5.41, 5.74) is 2.04. The van der Waals surface area contributed by atoms with Crippen LogP contribution in [0.1, 0.15) is 30.5 Å². The average molecular weight is 347 g/mol. The molecule has 0 radical (unpaired) electrons. The van der Waals surface area contributed by atoms with E-state index in [1.807, 2.05) is 19.1 Å². The van der Waals surface area contributed by atoms with Crippen LogP contribution < -0.4 is 5.32 Å². The van der Waals surface area contributed by atoms with Crippen LogP contribution in [0, 0.1) is 17.3 Å². The summed E-state index contributed by atoms with van der Waals surface area (Å²) in [5.74, 6) is 6.17. The van der Waals surface area contributed by atoms with Gasteiger partial charge in [-0.1, -0.05) is 12.0 Å². The van der Waals surface area contributed by atoms with Gasteiger partial charge in [-0.3, -0.25) is 15.1 Å². The summed E-state index contributed by atoms with van der Waals surface area (Å²) in [7, 11) is 1.62. The minimum Gasteiger partial charge on any atom is -0.349 e. The number of guanidine groups is 1. The molecule has 0 spiro atoms. The maximum atomic E-state index is 12.1. The molecule has 2 N–H and O–H groups in total. The first-order valence-corrected chi connectivity index (χ1v) is 8.89. The molecule has 1 fully saturated rings. The average Bonchev–Trinajstić information content (AvgIpc) is 2.97. The Labute approximate surface area is 150 Å². The van der Waals surface area contributed by atoms with Crippen molar-refractivity contribution in [3.63, 3.8) is 0 Å². The Morgan fingerprint density at radius 1 is 1.20 bits per heavy atom. The number of amides is 1. The predicted octanol–water partition coefficient (Wildman–Crippen LogP) is 3.85. The van der Waals surface area contributed by atoms with Crippen molar-refractivity contribution in [3.8, 4) is 11.8 Å². The second-order valence-corrected chi connectivity index (χ2v) is 7.23. The molecule has 0 bridgehead atoms. The lowest BCUT2D eigenvalue weighted by Gasteiger charge is -2.31. The molecule has 2 aromatic carbocycles. The van der Waals surface area contributed by atoms with E-state index < -0.39 is 0 Å². The van der Waals surface area contributed by atoms with Crippen LogP contribution in [0.5, 0.6) is 0 Å². The van der Waals surface area contributed by atoms with E-state index in [-0.39, 0.29) is 17.9 Å². The van der Waals surface area contributed by atoms with Crippen molar-refractivity contribution in [3.05, 3.63) is 47.5 Å². The second-order valence-electron chi connectivity index (χ2n) is 6.15. The Morgan fingerprint density at radius 3 is 2.64 bits per heavy atom. The van der Waals surface area contributed by atoms with Gasteiger partial charge >= 0.3 is 0 Å². The van der Waals surface area contributed by atoms with Gasteiger partial charge in [0.05, 0.1) is 12.5 Å². The SMILES string of the molecule is CC#Cc1ccc2sc3ccc(C4CC(=O)N(C)C(=N)N4)cc3c2c1. The van der Waals surface area contributed by atoms with Gasteiger partial charge in [-0.15, -0.1) is 17.3 Å². The lowest BCUT2D eigenvalue weighted by atomic mass is 9.99. The summed E-state index contributed by atoms with van der Waals surface area (Å²) in [6.07, 6.45) is 0.360. The van der Waals surface area contributed by atoms with E-state index in [9.17, 15) is 4.79 Å². The molecule has 0 saturated carbocycles. The Balaban J connectivity index is 1.82. The van der Waals surface area contributed by atoms with Crippen LogP contribution in [0.2, 0.25) is 0 Å². The van der Waals surface area contributed by atoms with E-state index >= 15 is 0 Å². The summed E-state index contributed by atoms with van der Waals surface area (Å²) in [4.78, 5) is 13.4. The molecule has 1 aliphatic rings. The largest absolute Gasteiger partial charge is 0.349 e.